The number of anilines is 1. The normalized spacial score (nSPS) is 22.1. The van der Waals surface area contributed by atoms with Gasteiger partial charge in [-0.3, -0.25) is 0 Å². The number of aromatic nitrogens is 2. The molecule has 1 aromatic heterocycles. The van der Waals surface area contributed by atoms with E-state index in [0.29, 0.717) is 29.9 Å². The Morgan fingerprint density at radius 3 is 2.74 bits per heavy atom. The predicted molar refractivity (Wildman–Crippen MR) is 74.0 cm³/mol. The summed E-state index contributed by atoms with van der Waals surface area (Å²) in [5.41, 5.74) is 0.445. The molecule has 5 heteroatoms. The van der Waals surface area contributed by atoms with E-state index in [1.807, 2.05) is 0 Å². The molecule has 1 saturated carbocycles. The Bertz CT molecular complexity index is 423. The second kappa shape index (κ2) is 5.12. The van der Waals surface area contributed by atoms with Crippen molar-refractivity contribution in [2.45, 2.75) is 58.5 Å². The van der Waals surface area contributed by atoms with Crippen molar-refractivity contribution in [1.82, 2.24) is 15.5 Å². The summed E-state index contributed by atoms with van der Waals surface area (Å²) in [4.78, 5) is 2.25. The second-order valence-corrected chi connectivity index (χ2v) is 6.01. The third kappa shape index (κ3) is 2.76. The zero-order valence-corrected chi connectivity index (χ0v) is 12.0. The molecule has 3 rings (SSSR count). The van der Waals surface area contributed by atoms with E-state index < -0.39 is 0 Å². The van der Waals surface area contributed by atoms with Crippen LogP contribution in [0.25, 0.3) is 0 Å². The van der Waals surface area contributed by atoms with E-state index in [2.05, 4.69) is 34.3 Å². The van der Waals surface area contributed by atoms with Crippen molar-refractivity contribution in [3.8, 4) is 0 Å². The largest absolute Gasteiger partial charge is 0.407 e. The summed E-state index contributed by atoms with van der Waals surface area (Å²) in [5, 5.41) is 11.7. The monoisotopic (exact) mass is 264 g/mol. The van der Waals surface area contributed by atoms with Crippen LogP contribution < -0.4 is 10.2 Å². The highest BCUT2D eigenvalue weighted by molar-refractivity contribution is 5.28. The minimum absolute atomic E-state index is 0.445. The molecule has 19 heavy (non-hydrogen) atoms. The molecule has 2 fully saturated rings. The van der Waals surface area contributed by atoms with Crippen molar-refractivity contribution in [3.05, 3.63) is 5.89 Å². The van der Waals surface area contributed by atoms with Crippen molar-refractivity contribution in [2.24, 2.45) is 5.41 Å². The van der Waals surface area contributed by atoms with E-state index in [0.717, 1.165) is 13.1 Å². The lowest BCUT2D eigenvalue weighted by Gasteiger charge is -2.25. The summed E-state index contributed by atoms with van der Waals surface area (Å²) in [6.45, 7) is 7.37. The summed E-state index contributed by atoms with van der Waals surface area (Å²) in [7, 11) is 0. The average molecular weight is 264 g/mol. The Labute approximate surface area is 114 Å². The molecular formula is C14H24N4O. The first-order valence-corrected chi connectivity index (χ1v) is 7.55. The Balaban J connectivity index is 1.59. The highest BCUT2D eigenvalue weighted by Gasteiger charge is 2.36. The minimum atomic E-state index is 0.445. The van der Waals surface area contributed by atoms with Gasteiger partial charge in [-0.05, 0) is 37.5 Å². The van der Waals surface area contributed by atoms with E-state index in [4.69, 9.17) is 4.42 Å². The number of rotatable bonds is 6. The highest BCUT2D eigenvalue weighted by Crippen LogP contribution is 2.38. The first kappa shape index (κ1) is 12.9. The number of nitrogens with zero attached hydrogens (tertiary/aromatic N) is 3. The van der Waals surface area contributed by atoms with Gasteiger partial charge in [-0.1, -0.05) is 18.9 Å². The van der Waals surface area contributed by atoms with Gasteiger partial charge < -0.3 is 14.6 Å². The minimum Gasteiger partial charge on any atom is -0.407 e. The van der Waals surface area contributed by atoms with Crippen molar-refractivity contribution >= 4 is 6.01 Å². The fraction of sp³-hybridized carbons (Fsp3) is 0.857. The van der Waals surface area contributed by atoms with Crippen LogP contribution in [0, 0.1) is 5.41 Å². The number of hydrogen-bond donors (Lipinski definition) is 1. The van der Waals surface area contributed by atoms with Gasteiger partial charge in [0.25, 0.3) is 0 Å². The number of hydrogen-bond acceptors (Lipinski definition) is 5. The van der Waals surface area contributed by atoms with E-state index in [1.54, 1.807) is 0 Å². The summed E-state index contributed by atoms with van der Waals surface area (Å²) in [6, 6.07) is 1.38. The van der Waals surface area contributed by atoms with E-state index in [9.17, 15) is 0 Å². The molecular weight excluding hydrogens is 240 g/mol. The Hall–Kier alpha value is -1.10. The molecule has 1 saturated heterocycles. The Morgan fingerprint density at radius 1 is 1.32 bits per heavy atom. The molecule has 5 nitrogen and oxygen atoms in total. The van der Waals surface area contributed by atoms with Crippen molar-refractivity contribution in [1.29, 1.82) is 0 Å². The van der Waals surface area contributed by atoms with Gasteiger partial charge in [-0.25, -0.2) is 0 Å². The van der Waals surface area contributed by atoms with Gasteiger partial charge in [0.05, 0.1) is 6.54 Å². The van der Waals surface area contributed by atoms with Crippen molar-refractivity contribution in [3.63, 3.8) is 0 Å². The third-order valence-corrected chi connectivity index (χ3v) is 4.78. The van der Waals surface area contributed by atoms with Gasteiger partial charge in [0.15, 0.2) is 0 Å². The van der Waals surface area contributed by atoms with Gasteiger partial charge in [0, 0.05) is 19.1 Å². The van der Waals surface area contributed by atoms with Crippen LogP contribution in [0.5, 0.6) is 0 Å². The zero-order valence-electron chi connectivity index (χ0n) is 12.0. The third-order valence-electron chi connectivity index (χ3n) is 4.78. The average Bonchev–Trinajstić information content (AvgIpc) is 3.00. The van der Waals surface area contributed by atoms with Crippen LogP contribution in [-0.4, -0.2) is 29.3 Å². The molecule has 0 unspecified atom stereocenters. The van der Waals surface area contributed by atoms with Crippen LogP contribution >= 0.6 is 0 Å². The molecule has 106 valence electrons. The van der Waals surface area contributed by atoms with Crippen LogP contribution in [0.4, 0.5) is 6.01 Å². The topological polar surface area (TPSA) is 54.2 Å². The quantitative estimate of drug-likeness (QED) is 0.854. The molecule has 0 spiro atoms. The summed E-state index contributed by atoms with van der Waals surface area (Å²) in [6.07, 6.45) is 6.25. The Kier molecular flexibility index (Phi) is 3.48. The first-order chi connectivity index (χ1) is 9.24. The number of nitrogens with one attached hydrogen (secondary N) is 1. The van der Waals surface area contributed by atoms with Gasteiger partial charge in [0.1, 0.15) is 0 Å². The SMILES string of the molecule is CCC1(CC)CCN(c2nnc(CNC3CC3)o2)C1. The fourth-order valence-corrected chi connectivity index (χ4v) is 2.89. The maximum Gasteiger partial charge on any atom is 0.318 e. The molecule has 0 aromatic carbocycles. The summed E-state index contributed by atoms with van der Waals surface area (Å²) in [5.74, 6) is 0.715. The molecule has 1 N–H and O–H groups in total. The van der Waals surface area contributed by atoms with Crippen molar-refractivity contribution < 1.29 is 4.42 Å². The van der Waals surface area contributed by atoms with E-state index >= 15 is 0 Å². The maximum atomic E-state index is 5.77. The first-order valence-electron chi connectivity index (χ1n) is 7.55. The zero-order chi connectivity index (χ0) is 13.3. The molecule has 0 atom stereocenters. The van der Waals surface area contributed by atoms with E-state index in [-0.39, 0.29) is 0 Å². The standard InChI is InChI=1S/C14H24N4O/c1-3-14(4-2)7-8-18(10-14)13-17-16-12(19-13)9-15-11-5-6-11/h11,15H,3-10H2,1-2H3. The maximum absolute atomic E-state index is 5.77. The van der Waals surface area contributed by atoms with Gasteiger partial charge in [-0.15, -0.1) is 5.10 Å². The lowest BCUT2D eigenvalue weighted by atomic mass is 9.82. The Morgan fingerprint density at radius 2 is 2.11 bits per heavy atom. The van der Waals surface area contributed by atoms with Gasteiger partial charge in [-0.2, -0.15) is 0 Å². The molecule has 0 bridgehead atoms. The van der Waals surface area contributed by atoms with Crippen LogP contribution in [0.1, 0.15) is 51.8 Å². The molecule has 0 radical (unpaired) electrons. The summed E-state index contributed by atoms with van der Waals surface area (Å²) >= 11 is 0. The van der Waals surface area contributed by atoms with Gasteiger partial charge >= 0.3 is 6.01 Å². The van der Waals surface area contributed by atoms with Gasteiger partial charge in [0.2, 0.25) is 5.89 Å². The highest BCUT2D eigenvalue weighted by atomic mass is 16.4. The summed E-state index contributed by atoms with van der Waals surface area (Å²) < 4.78 is 5.77. The van der Waals surface area contributed by atoms with Crippen LogP contribution in [0.2, 0.25) is 0 Å². The lowest BCUT2D eigenvalue weighted by Crippen LogP contribution is -2.26. The molecule has 2 heterocycles. The van der Waals surface area contributed by atoms with Crippen molar-refractivity contribution in [2.75, 3.05) is 18.0 Å². The molecule has 1 aromatic rings. The lowest BCUT2D eigenvalue weighted by molar-refractivity contribution is 0.300. The molecule has 2 aliphatic rings. The molecule has 1 aliphatic heterocycles. The smallest absolute Gasteiger partial charge is 0.318 e. The van der Waals surface area contributed by atoms with Crippen LogP contribution in [0.3, 0.4) is 0 Å². The van der Waals surface area contributed by atoms with E-state index in [1.165, 1.54) is 32.1 Å². The molecule has 0 amide bonds. The van der Waals surface area contributed by atoms with Crippen LogP contribution in [0.15, 0.2) is 4.42 Å². The fourth-order valence-electron chi connectivity index (χ4n) is 2.89. The second-order valence-electron chi connectivity index (χ2n) is 6.01. The predicted octanol–water partition coefficient (Wildman–Crippen LogP) is 2.34. The van der Waals surface area contributed by atoms with Crippen LogP contribution in [-0.2, 0) is 6.54 Å². The molecule has 1 aliphatic carbocycles.